The number of nitrogens with zero attached hydrogens (tertiary/aromatic N) is 3. The Kier molecular flexibility index (Phi) is 8.00. The van der Waals surface area contributed by atoms with E-state index in [0.29, 0.717) is 43.0 Å². The molecule has 8 nitrogen and oxygen atoms in total. The van der Waals surface area contributed by atoms with E-state index >= 15 is 0 Å². The number of rotatable bonds is 10. The zero-order valence-electron chi connectivity index (χ0n) is 21.0. The number of urea groups is 1. The van der Waals surface area contributed by atoms with Crippen LogP contribution in [0.5, 0.6) is 5.75 Å². The minimum atomic E-state index is -0.517. The van der Waals surface area contributed by atoms with Gasteiger partial charge in [0, 0.05) is 24.4 Å². The van der Waals surface area contributed by atoms with Gasteiger partial charge < -0.3 is 19.3 Å². The van der Waals surface area contributed by atoms with Gasteiger partial charge in [0.1, 0.15) is 11.6 Å². The highest BCUT2D eigenvalue weighted by molar-refractivity contribution is 5.86. The van der Waals surface area contributed by atoms with Crippen LogP contribution in [0.25, 0.3) is 17.0 Å². The van der Waals surface area contributed by atoms with Crippen molar-refractivity contribution in [3.8, 4) is 17.1 Å². The van der Waals surface area contributed by atoms with Crippen LogP contribution in [0.4, 0.5) is 9.18 Å². The third kappa shape index (κ3) is 5.73. The molecule has 2 amide bonds. The van der Waals surface area contributed by atoms with Gasteiger partial charge in [0.15, 0.2) is 0 Å². The van der Waals surface area contributed by atoms with E-state index in [1.54, 1.807) is 17.0 Å². The van der Waals surface area contributed by atoms with E-state index in [1.165, 1.54) is 12.1 Å². The summed E-state index contributed by atoms with van der Waals surface area (Å²) in [7, 11) is 0. The largest absolute Gasteiger partial charge is 0.494 e. The van der Waals surface area contributed by atoms with Crippen LogP contribution < -0.4 is 10.1 Å². The molecular formula is C27H31FN4O4. The molecule has 1 atom stereocenters. The summed E-state index contributed by atoms with van der Waals surface area (Å²) in [6.45, 7) is 9.31. The molecule has 2 aromatic carbocycles. The minimum Gasteiger partial charge on any atom is -0.494 e. The average molecular weight is 495 g/mol. The Hall–Kier alpha value is -3.72. The van der Waals surface area contributed by atoms with Crippen molar-refractivity contribution < 1.29 is 23.2 Å². The monoisotopic (exact) mass is 494 g/mol. The van der Waals surface area contributed by atoms with Crippen LogP contribution >= 0.6 is 0 Å². The maximum Gasteiger partial charge on any atom is 0.322 e. The Morgan fingerprint density at radius 2 is 1.97 bits per heavy atom. The zero-order valence-corrected chi connectivity index (χ0v) is 21.0. The van der Waals surface area contributed by atoms with Gasteiger partial charge in [0.25, 0.3) is 5.89 Å². The number of amides is 2. The molecule has 0 fully saturated rings. The van der Waals surface area contributed by atoms with Gasteiger partial charge in [0.2, 0.25) is 5.82 Å². The SMILES string of the molecule is CCOc1ccc(C2NC(=O)N(CCCOC(C)C)C(C)=C2c2nc(-c3cccc(F)c3)no2)cc1. The summed E-state index contributed by atoms with van der Waals surface area (Å²) in [5.41, 5.74) is 2.73. The van der Waals surface area contributed by atoms with Crippen molar-refractivity contribution in [2.75, 3.05) is 19.8 Å². The molecule has 2 heterocycles. The third-order valence-electron chi connectivity index (χ3n) is 5.84. The maximum atomic E-state index is 13.8. The molecule has 1 unspecified atom stereocenters. The van der Waals surface area contributed by atoms with E-state index in [9.17, 15) is 9.18 Å². The second kappa shape index (κ2) is 11.3. The molecule has 0 saturated heterocycles. The first-order valence-electron chi connectivity index (χ1n) is 12.1. The molecule has 0 radical (unpaired) electrons. The lowest BCUT2D eigenvalue weighted by atomic mass is 9.94. The number of aromatic nitrogens is 2. The fourth-order valence-electron chi connectivity index (χ4n) is 4.12. The van der Waals surface area contributed by atoms with Crippen molar-refractivity contribution in [3.05, 3.63) is 71.5 Å². The third-order valence-corrected chi connectivity index (χ3v) is 5.84. The number of halogens is 1. The predicted octanol–water partition coefficient (Wildman–Crippen LogP) is 5.59. The van der Waals surface area contributed by atoms with Crippen LogP contribution in [-0.4, -0.2) is 46.9 Å². The molecule has 4 rings (SSSR count). The van der Waals surface area contributed by atoms with Gasteiger partial charge in [-0.15, -0.1) is 0 Å². The van der Waals surface area contributed by atoms with E-state index < -0.39 is 6.04 Å². The molecule has 36 heavy (non-hydrogen) atoms. The molecule has 190 valence electrons. The van der Waals surface area contributed by atoms with Crippen molar-refractivity contribution >= 4 is 11.6 Å². The van der Waals surface area contributed by atoms with E-state index in [1.807, 2.05) is 52.0 Å². The van der Waals surface area contributed by atoms with Gasteiger partial charge in [-0.1, -0.05) is 29.4 Å². The molecule has 0 bridgehead atoms. The fraction of sp³-hybridized carbons (Fsp3) is 0.370. The number of allylic oxidation sites excluding steroid dienone is 1. The highest BCUT2D eigenvalue weighted by atomic mass is 19.1. The smallest absolute Gasteiger partial charge is 0.322 e. The summed E-state index contributed by atoms with van der Waals surface area (Å²) in [5.74, 6) is 0.878. The van der Waals surface area contributed by atoms with Gasteiger partial charge in [-0.25, -0.2) is 9.18 Å². The summed E-state index contributed by atoms with van der Waals surface area (Å²) in [4.78, 5) is 19.4. The summed E-state index contributed by atoms with van der Waals surface area (Å²) in [6, 6.07) is 12.8. The summed E-state index contributed by atoms with van der Waals surface area (Å²) >= 11 is 0. The van der Waals surface area contributed by atoms with Crippen molar-refractivity contribution in [2.24, 2.45) is 0 Å². The number of carbonyl (C=O) groups excluding carboxylic acids is 1. The van der Waals surface area contributed by atoms with E-state index in [2.05, 4.69) is 15.5 Å². The van der Waals surface area contributed by atoms with Gasteiger partial charge in [-0.05, 0) is 63.9 Å². The number of carbonyl (C=O) groups is 1. The molecule has 0 aliphatic carbocycles. The van der Waals surface area contributed by atoms with Crippen LogP contribution in [0.1, 0.15) is 51.6 Å². The lowest BCUT2D eigenvalue weighted by molar-refractivity contribution is 0.0736. The Morgan fingerprint density at radius 3 is 2.67 bits per heavy atom. The molecule has 3 aromatic rings. The maximum absolute atomic E-state index is 13.8. The first kappa shape index (κ1) is 25.4. The van der Waals surface area contributed by atoms with Crippen molar-refractivity contribution in [1.82, 2.24) is 20.4 Å². The lowest BCUT2D eigenvalue weighted by Gasteiger charge is -2.35. The molecular weight excluding hydrogens is 463 g/mol. The van der Waals surface area contributed by atoms with Crippen LogP contribution in [0.2, 0.25) is 0 Å². The van der Waals surface area contributed by atoms with Crippen LogP contribution in [0, 0.1) is 5.82 Å². The molecule has 1 aliphatic heterocycles. The van der Waals surface area contributed by atoms with Crippen molar-refractivity contribution in [1.29, 1.82) is 0 Å². The number of nitrogens with one attached hydrogen (secondary N) is 1. The Morgan fingerprint density at radius 1 is 1.19 bits per heavy atom. The van der Waals surface area contributed by atoms with Crippen molar-refractivity contribution in [3.63, 3.8) is 0 Å². The molecule has 1 N–H and O–H groups in total. The second-order valence-electron chi connectivity index (χ2n) is 8.74. The predicted molar refractivity (Wildman–Crippen MR) is 134 cm³/mol. The minimum absolute atomic E-state index is 0.121. The van der Waals surface area contributed by atoms with Crippen LogP contribution in [0.15, 0.2) is 58.8 Å². The lowest BCUT2D eigenvalue weighted by Crippen LogP contribution is -2.46. The van der Waals surface area contributed by atoms with E-state index in [4.69, 9.17) is 14.0 Å². The summed E-state index contributed by atoms with van der Waals surface area (Å²) in [6.07, 6.45) is 0.790. The Balaban J connectivity index is 1.70. The second-order valence-corrected chi connectivity index (χ2v) is 8.74. The zero-order chi connectivity index (χ0) is 25.7. The molecule has 0 spiro atoms. The number of hydrogen-bond donors (Lipinski definition) is 1. The van der Waals surface area contributed by atoms with Gasteiger partial charge in [0.05, 0.1) is 24.3 Å². The van der Waals surface area contributed by atoms with Gasteiger partial charge >= 0.3 is 6.03 Å². The normalized spacial score (nSPS) is 16.0. The number of hydrogen-bond acceptors (Lipinski definition) is 6. The molecule has 9 heteroatoms. The highest BCUT2D eigenvalue weighted by Gasteiger charge is 2.35. The molecule has 1 aromatic heterocycles. The van der Waals surface area contributed by atoms with Gasteiger partial charge in [-0.3, -0.25) is 4.90 Å². The fourth-order valence-corrected chi connectivity index (χ4v) is 4.12. The molecule has 0 saturated carbocycles. The first-order chi connectivity index (χ1) is 17.4. The van der Waals surface area contributed by atoms with E-state index in [0.717, 1.165) is 11.3 Å². The quantitative estimate of drug-likeness (QED) is 0.370. The summed E-state index contributed by atoms with van der Waals surface area (Å²) < 4.78 is 30.6. The molecule has 1 aliphatic rings. The Bertz CT molecular complexity index is 1220. The standard InChI is InChI=1S/C27H31FN4O4/c1-5-34-22-12-10-19(11-13-22)24-23(18(4)32(27(33)29-24)14-7-15-35-17(2)3)26-30-25(31-36-26)20-8-6-9-21(28)16-20/h6,8-13,16-17,24H,5,7,14-15H2,1-4H3,(H,29,33). The average Bonchev–Trinajstić information content (AvgIpc) is 3.33. The number of ether oxygens (including phenoxy) is 2. The first-order valence-corrected chi connectivity index (χ1v) is 12.1. The van der Waals surface area contributed by atoms with Crippen molar-refractivity contribution in [2.45, 2.75) is 46.3 Å². The topological polar surface area (TPSA) is 89.7 Å². The Labute approximate surface area is 210 Å². The number of benzene rings is 2. The van der Waals surface area contributed by atoms with Gasteiger partial charge in [-0.2, -0.15) is 4.98 Å². The highest BCUT2D eigenvalue weighted by Crippen LogP contribution is 2.37. The summed E-state index contributed by atoms with van der Waals surface area (Å²) in [5, 5.41) is 7.17. The van der Waals surface area contributed by atoms with Crippen LogP contribution in [-0.2, 0) is 4.74 Å². The van der Waals surface area contributed by atoms with E-state index in [-0.39, 0.29) is 29.7 Å². The van der Waals surface area contributed by atoms with Crippen LogP contribution in [0.3, 0.4) is 0 Å².